The van der Waals surface area contributed by atoms with E-state index in [2.05, 4.69) is 64.7 Å². The van der Waals surface area contributed by atoms with Gasteiger partial charge in [0.15, 0.2) is 14.0 Å². The van der Waals surface area contributed by atoms with Gasteiger partial charge in [-0.2, -0.15) is 5.06 Å². The summed E-state index contributed by atoms with van der Waals surface area (Å²) in [6.07, 6.45) is 0. The Balaban J connectivity index is 3.32. The van der Waals surface area contributed by atoms with Crippen LogP contribution in [-0.2, 0) is 20.4 Å². The lowest BCUT2D eigenvalue weighted by molar-refractivity contribution is -0.253. The number of rotatable bonds is 6. The first-order valence-corrected chi connectivity index (χ1v) is 11.6. The number of halogens is 1. The lowest BCUT2D eigenvalue weighted by Crippen LogP contribution is -2.52. The van der Waals surface area contributed by atoms with Crippen molar-refractivity contribution in [3.8, 4) is 0 Å². The fraction of sp³-hybridized carbons (Fsp3) is 0.647. The summed E-state index contributed by atoms with van der Waals surface area (Å²) in [5, 5.41) is 1.71. The fourth-order valence-electron chi connectivity index (χ4n) is 2.38. The monoisotopic (exact) mass is 343 g/mol. The summed E-state index contributed by atoms with van der Waals surface area (Å²) in [4.78, 5) is 5.45. The van der Waals surface area contributed by atoms with Crippen LogP contribution < -0.4 is 0 Å². The minimum atomic E-state index is -1.83. The van der Waals surface area contributed by atoms with Gasteiger partial charge in [-0.05, 0) is 30.6 Å². The van der Waals surface area contributed by atoms with Crippen LogP contribution in [0.1, 0.15) is 31.9 Å². The molecule has 0 fully saturated rings. The highest BCUT2D eigenvalue weighted by Gasteiger charge is 2.41. The molecule has 0 aliphatic heterocycles. The Bertz CT molecular complexity index is 479. The van der Waals surface area contributed by atoms with Crippen LogP contribution in [0.2, 0.25) is 19.6 Å². The molecule has 0 amide bonds. The highest BCUT2D eigenvalue weighted by Crippen LogP contribution is 2.35. The average molecular weight is 344 g/mol. The predicted octanol–water partition coefficient (Wildman–Crippen LogP) is 4.72. The molecule has 1 atom stereocenters. The SMILES string of the molecule is CON(C)C(CCl)(O[Si](C)(C)C)c1ccc(C(C)(C)C)cc1. The van der Waals surface area contributed by atoms with Gasteiger partial charge in [-0.1, -0.05) is 45.0 Å². The van der Waals surface area contributed by atoms with E-state index in [1.165, 1.54) is 5.56 Å². The summed E-state index contributed by atoms with van der Waals surface area (Å²) in [7, 11) is 1.67. The molecule has 3 nitrogen and oxygen atoms in total. The van der Waals surface area contributed by atoms with E-state index in [4.69, 9.17) is 20.9 Å². The Morgan fingerprint density at radius 2 is 1.50 bits per heavy atom. The third-order valence-corrected chi connectivity index (χ3v) is 4.95. The van der Waals surface area contributed by atoms with Gasteiger partial charge in [0.1, 0.15) is 0 Å². The summed E-state index contributed by atoms with van der Waals surface area (Å²) in [6, 6.07) is 8.48. The van der Waals surface area contributed by atoms with Crippen LogP contribution in [0.25, 0.3) is 0 Å². The average Bonchev–Trinajstić information content (AvgIpc) is 2.42. The van der Waals surface area contributed by atoms with Gasteiger partial charge < -0.3 is 4.43 Å². The molecule has 0 saturated carbocycles. The summed E-state index contributed by atoms with van der Waals surface area (Å²) in [5.74, 6) is 0.302. The highest BCUT2D eigenvalue weighted by molar-refractivity contribution is 6.69. The lowest BCUT2D eigenvalue weighted by Gasteiger charge is -2.43. The first-order valence-electron chi connectivity index (χ1n) is 7.61. The van der Waals surface area contributed by atoms with E-state index >= 15 is 0 Å². The normalized spacial score (nSPS) is 15.9. The van der Waals surface area contributed by atoms with Crippen molar-refractivity contribution in [2.24, 2.45) is 0 Å². The van der Waals surface area contributed by atoms with Gasteiger partial charge in [-0.3, -0.25) is 4.84 Å². The molecule has 1 unspecified atom stereocenters. The molecule has 0 aliphatic carbocycles. The van der Waals surface area contributed by atoms with E-state index in [1.54, 1.807) is 12.2 Å². The fourth-order valence-corrected chi connectivity index (χ4v) is 4.18. The van der Waals surface area contributed by atoms with E-state index in [0.717, 1.165) is 5.56 Å². The Hall–Kier alpha value is -0.393. The van der Waals surface area contributed by atoms with Crippen molar-refractivity contribution in [1.29, 1.82) is 0 Å². The number of alkyl halides is 1. The molecule has 0 bridgehead atoms. The molecular formula is C17H30ClNO2Si. The number of nitrogens with zero attached hydrogens (tertiary/aromatic N) is 1. The number of hydrogen-bond donors (Lipinski definition) is 0. The van der Waals surface area contributed by atoms with E-state index in [-0.39, 0.29) is 5.41 Å². The second-order valence-electron chi connectivity index (χ2n) is 7.64. The molecule has 1 aromatic carbocycles. The molecule has 0 heterocycles. The quantitative estimate of drug-likeness (QED) is 0.323. The largest absolute Gasteiger partial charge is 0.394 e. The van der Waals surface area contributed by atoms with Crippen molar-refractivity contribution in [3.63, 3.8) is 0 Å². The molecule has 0 aliphatic rings. The Kier molecular flexibility index (Phi) is 6.27. The minimum absolute atomic E-state index is 0.120. The van der Waals surface area contributed by atoms with Crippen molar-refractivity contribution in [2.75, 3.05) is 20.0 Å². The van der Waals surface area contributed by atoms with Gasteiger partial charge in [-0.15, -0.1) is 11.6 Å². The van der Waals surface area contributed by atoms with Gasteiger partial charge in [0.25, 0.3) is 0 Å². The second-order valence-corrected chi connectivity index (χ2v) is 12.3. The number of hydrogen-bond acceptors (Lipinski definition) is 3. The zero-order valence-corrected chi connectivity index (χ0v) is 16.9. The summed E-state index contributed by atoms with van der Waals surface area (Å²) in [6.45, 7) is 13.1. The van der Waals surface area contributed by atoms with Gasteiger partial charge in [0.05, 0.1) is 13.0 Å². The zero-order valence-electron chi connectivity index (χ0n) is 15.2. The standard InChI is InChI=1S/C17H30ClNO2Si/c1-16(2,3)14-9-11-15(12-10-14)17(13-18,19(4)20-5)21-22(6,7)8/h9-12H,13H2,1-8H3. The molecule has 1 aromatic rings. The van der Waals surface area contributed by atoms with Crippen molar-refractivity contribution in [1.82, 2.24) is 5.06 Å². The lowest BCUT2D eigenvalue weighted by atomic mass is 9.86. The number of hydroxylamine groups is 2. The zero-order chi connectivity index (χ0) is 17.2. The van der Waals surface area contributed by atoms with Gasteiger partial charge in [0.2, 0.25) is 0 Å². The van der Waals surface area contributed by atoms with Crippen molar-refractivity contribution in [3.05, 3.63) is 35.4 Å². The Labute approximate surface area is 141 Å². The molecule has 0 N–H and O–H groups in total. The molecule has 22 heavy (non-hydrogen) atoms. The molecular weight excluding hydrogens is 314 g/mol. The molecule has 0 saturated heterocycles. The third kappa shape index (κ3) is 4.55. The van der Waals surface area contributed by atoms with E-state index < -0.39 is 14.0 Å². The highest BCUT2D eigenvalue weighted by atomic mass is 35.5. The van der Waals surface area contributed by atoms with Gasteiger partial charge in [-0.25, -0.2) is 0 Å². The van der Waals surface area contributed by atoms with E-state index in [1.807, 2.05) is 7.05 Å². The van der Waals surface area contributed by atoms with E-state index in [0.29, 0.717) is 5.88 Å². The minimum Gasteiger partial charge on any atom is -0.394 e. The first-order chi connectivity index (χ1) is 9.96. The van der Waals surface area contributed by atoms with Gasteiger partial charge in [0, 0.05) is 12.6 Å². The molecule has 0 spiro atoms. The topological polar surface area (TPSA) is 21.7 Å². The van der Waals surface area contributed by atoms with Crippen molar-refractivity contribution < 1.29 is 9.26 Å². The Morgan fingerprint density at radius 3 is 1.82 bits per heavy atom. The number of benzene rings is 1. The molecule has 0 radical (unpaired) electrons. The maximum atomic E-state index is 6.45. The van der Waals surface area contributed by atoms with Crippen molar-refractivity contribution >= 4 is 19.9 Å². The van der Waals surface area contributed by atoms with E-state index in [9.17, 15) is 0 Å². The maximum absolute atomic E-state index is 6.45. The Morgan fingerprint density at radius 1 is 1.05 bits per heavy atom. The molecule has 1 rings (SSSR count). The van der Waals surface area contributed by atoms with Gasteiger partial charge >= 0.3 is 0 Å². The first kappa shape index (κ1) is 19.7. The summed E-state index contributed by atoms with van der Waals surface area (Å²) >= 11 is 6.34. The molecule has 0 aromatic heterocycles. The van der Waals surface area contributed by atoms with Crippen LogP contribution in [0.5, 0.6) is 0 Å². The molecule has 126 valence electrons. The van der Waals surface area contributed by atoms with Crippen LogP contribution in [0.15, 0.2) is 24.3 Å². The van der Waals surface area contributed by atoms with Crippen LogP contribution in [0.3, 0.4) is 0 Å². The maximum Gasteiger partial charge on any atom is 0.186 e. The van der Waals surface area contributed by atoms with Crippen LogP contribution in [0, 0.1) is 0 Å². The second kappa shape index (κ2) is 7.01. The van der Waals surface area contributed by atoms with Crippen LogP contribution >= 0.6 is 11.6 Å². The van der Waals surface area contributed by atoms with Crippen molar-refractivity contribution in [2.45, 2.75) is 51.6 Å². The van der Waals surface area contributed by atoms with Crippen LogP contribution in [0.4, 0.5) is 0 Å². The summed E-state index contributed by atoms with van der Waals surface area (Å²) in [5.41, 5.74) is 1.65. The van der Waals surface area contributed by atoms with Crippen LogP contribution in [-0.4, -0.2) is 33.4 Å². The third-order valence-electron chi connectivity index (χ3n) is 3.64. The smallest absolute Gasteiger partial charge is 0.186 e. The molecule has 5 heteroatoms. The summed E-state index contributed by atoms with van der Waals surface area (Å²) < 4.78 is 6.45. The predicted molar refractivity (Wildman–Crippen MR) is 96.7 cm³/mol.